The molecule has 0 aliphatic carbocycles. The lowest BCUT2D eigenvalue weighted by atomic mass is 10.0. The molecule has 0 bridgehead atoms. The van der Waals surface area contributed by atoms with Gasteiger partial charge in [-0.3, -0.25) is 9.59 Å². The van der Waals surface area contributed by atoms with Crippen molar-refractivity contribution >= 4 is 17.4 Å². The normalized spacial score (nSPS) is 16.8. The maximum Gasteiger partial charge on any atom is 0.270 e. The summed E-state index contributed by atoms with van der Waals surface area (Å²) in [4.78, 5) is 25.6. The highest BCUT2D eigenvalue weighted by Crippen LogP contribution is 2.38. The van der Waals surface area contributed by atoms with E-state index in [9.17, 15) is 9.59 Å². The Balaban J connectivity index is 2.53. The van der Waals surface area contributed by atoms with E-state index < -0.39 is 5.60 Å². The van der Waals surface area contributed by atoms with E-state index >= 15 is 0 Å². The molecule has 1 aliphatic rings. The van der Waals surface area contributed by atoms with Gasteiger partial charge in [0.1, 0.15) is 5.75 Å². The minimum atomic E-state index is -0.861. The van der Waals surface area contributed by atoms with Crippen LogP contribution in [-0.4, -0.2) is 23.8 Å². The monoisotopic (exact) mass is 261 g/mol. The number of fused-ring (bicyclic) bond motifs is 1. The van der Waals surface area contributed by atoms with Gasteiger partial charge in [-0.15, -0.1) is 0 Å². The van der Waals surface area contributed by atoms with E-state index in [-0.39, 0.29) is 11.7 Å². The van der Waals surface area contributed by atoms with Gasteiger partial charge in [-0.2, -0.15) is 0 Å². The number of carbonyl (C=O) groups excluding carboxylic acids is 2. The summed E-state index contributed by atoms with van der Waals surface area (Å²) in [5.74, 6) is 0.571. The molecule has 0 spiro atoms. The smallest absolute Gasteiger partial charge is 0.270 e. The molecule has 1 heterocycles. The first-order chi connectivity index (χ1) is 8.86. The summed E-state index contributed by atoms with van der Waals surface area (Å²) in [6.07, 6.45) is 0.853. The maximum atomic E-state index is 12.4. The number of amides is 1. The quantitative estimate of drug-likeness (QED) is 0.786. The summed E-state index contributed by atoms with van der Waals surface area (Å²) < 4.78 is 5.74. The molecule has 0 fully saturated rings. The Morgan fingerprint density at radius 1 is 1.37 bits per heavy atom. The Kier molecular flexibility index (Phi) is 3.35. The lowest BCUT2D eigenvalue weighted by molar-refractivity contribution is -0.132. The molecule has 0 saturated carbocycles. The van der Waals surface area contributed by atoms with E-state index in [1.54, 1.807) is 36.9 Å². The van der Waals surface area contributed by atoms with Crippen molar-refractivity contribution in [3.63, 3.8) is 0 Å². The van der Waals surface area contributed by atoms with Crippen LogP contribution in [0.15, 0.2) is 18.2 Å². The predicted octanol–water partition coefficient (Wildman–Crippen LogP) is 2.80. The number of nitrogens with zero attached hydrogens (tertiary/aromatic N) is 1. The lowest BCUT2D eigenvalue weighted by Gasteiger charge is -2.38. The van der Waals surface area contributed by atoms with Crippen LogP contribution in [0.2, 0.25) is 0 Å². The summed E-state index contributed by atoms with van der Waals surface area (Å²) in [6, 6.07) is 5.24. The number of anilines is 1. The third-order valence-electron chi connectivity index (χ3n) is 3.23. The minimum Gasteiger partial charge on any atom is -0.476 e. The van der Waals surface area contributed by atoms with Crippen molar-refractivity contribution in [1.29, 1.82) is 0 Å². The Morgan fingerprint density at radius 3 is 2.63 bits per heavy atom. The molecule has 2 rings (SSSR count). The summed E-state index contributed by atoms with van der Waals surface area (Å²) in [6.45, 7) is 7.69. The van der Waals surface area contributed by atoms with Gasteiger partial charge in [-0.25, -0.2) is 0 Å². The SMILES string of the molecule is CCCN1C(=O)C(C)(C)Oc2ccc(C(C)=O)cc21. The summed E-state index contributed by atoms with van der Waals surface area (Å²) in [5.41, 5.74) is 0.426. The van der Waals surface area contributed by atoms with Crippen molar-refractivity contribution in [2.75, 3.05) is 11.4 Å². The molecule has 1 aromatic carbocycles. The van der Waals surface area contributed by atoms with E-state index in [0.29, 0.717) is 23.5 Å². The van der Waals surface area contributed by atoms with Crippen LogP contribution in [0.4, 0.5) is 5.69 Å². The van der Waals surface area contributed by atoms with Gasteiger partial charge in [0.2, 0.25) is 0 Å². The number of hydrogen-bond donors (Lipinski definition) is 0. The molecule has 102 valence electrons. The Labute approximate surface area is 113 Å². The second-order valence-corrected chi connectivity index (χ2v) is 5.31. The van der Waals surface area contributed by atoms with E-state index in [1.807, 2.05) is 6.92 Å². The van der Waals surface area contributed by atoms with Gasteiger partial charge in [0, 0.05) is 12.1 Å². The van der Waals surface area contributed by atoms with Crippen LogP contribution in [0, 0.1) is 0 Å². The van der Waals surface area contributed by atoms with E-state index in [0.717, 1.165) is 6.42 Å². The fourth-order valence-electron chi connectivity index (χ4n) is 2.23. The van der Waals surface area contributed by atoms with Gasteiger partial charge < -0.3 is 9.64 Å². The van der Waals surface area contributed by atoms with Gasteiger partial charge in [0.15, 0.2) is 11.4 Å². The van der Waals surface area contributed by atoms with Crippen LogP contribution in [0.25, 0.3) is 0 Å². The Bertz CT molecular complexity index is 534. The molecule has 1 aromatic rings. The predicted molar refractivity (Wildman–Crippen MR) is 73.8 cm³/mol. The number of hydrogen-bond acceptors (Lipinski definition) is 3. The summed E-state index contributed by atoms with van der Waals surface area (Å²) >= 11 is 0. The Hall–Kier alpha value is -1.84. The van der Waals surface area contributed by atoms with Crippen LogP contribution in [0.3, 0.4) is 0 Å². The van der Waals surface area contributed by atoms with Crippen molar-refractivity contribution < 1.29 is 14.3 Å². The number of ether oxygens (including phenoxy) is 1. The zero-order valence-corrected chi connectivity index (χ0v) is 11.8. The average Bonchev–Trinajstić information content (AvgIpc) is 2.34. The summed E-state index contributed by atoms with van der Waals surface area (Å²) in [7, 11) is 0. The molecule has 0 N–H and O–H groups in total. The fourth-order valence-corrected chi connectivity index (χ4v) is 2.23. The molecule has 4 heteroatoms. The van der Waals surface area contributed by atoms with Crippen LogP contribution < -0.4 is 9.64 Å². The first-order valence-corrected chi connectivity index (χ1v) is 6.53. The van der Waals surface area contributed by atoms with E-state index in [1.165, 1.54) is 6.92 Å². The molecule has 1 aliphatic heterocycles. The lowest BCUT2D eigenvalue weighted by Crippen LogP contribution is -2.52. The highest BCUT2D eigenvalue weighted by Gasteiger charge is 2.40. The van der Waals surface area contributed by atoms with Gasteiger partial charge in [0.05, 0.1) is 5.69 Å². The third-order valence-corrected chi connectivity index (χ3v) is 3.23. The molecule has 0 radical (unpaired) electrons. The van der Waals surface area contributed by atoms with Crippen molar-refractivity contribution in [1.82, 2.24) is 0 Å². The van der Waals surface area contributed by atoms with Crippen molar-refractivity contribution in [3.8, 4) is 5.75 Å². The van der Waals surface area contributed by atoms with Crippen LogP contribution >= 0.6 is 0 Å². The zero-order chi connectivity index (χ0) is 14.2. The number of ketones is 1. The second-order valence-electron chi connectivity index (χ2n) is 5.31. The van der Waals surface area contributed by atoms with E-state index in [4.69, 9.17) is 4.74 Å². The number of rotatable bonds is 3. The van der Waals surface area contributed by atoms with Crippen LogP contribution in [0.5, 0.6) is 5.75 Å². The largest absolute Gasteiger partial charge is 0.476 e. The fraction of sp³-hybridized carbons (Fsp3) is 0.467. The molecular weight excluding hydrogens is 242 g/mol. The highest BCUT2D eigenvalue weighted by molar-refractivity contribution is 6.04. The topological polar surface area (TPSA) is 46.6 Å². The highest BCUT2D eigenvalue weighted by atomic mass is 16.5. The molecule has 1 amide bonds. The van der Waals surface area contributed by atoms with Crippen molar-refractivity contribution in [2.45, 2.75) is 39.7 Å². The molecule has 0 saturated heterocycles. The molecule has 0 aromatic heterocycles. The first-order valence-electron chi connectivity index (χ1n) is 6.53. The van der Waals surface area contributed by atoms with Crippen LogP contribution in [0.1, 0.15) is 44.5 Å². The van der Waals surface area contributed by atoms with Gasteiger partial charge >= 0.3 is 0 Å². The van der Waals surface area contributed by atoms with Gasteiger partial charge in [-0.1, -0.05) is 6.92 Å². The molecule has 0 unspecified atom stereocenters. The van der Waals surface area contributed by atoms with Crippen molar-refractivity contribution in [2.24, 2.45) is 0 Å². The molecule has 4 nitrogen and oxygen atoms in total. The second kappa shape index (κ2) is 4.68. The number of carbonyl (C=O) groups is 2. The molecule has 0 atom stereocenters. The molecular formula is C15H19NO3. The maximum absolute atomic E-state index is 12.4. The summed E-state index contributed by atoms with van der Waals surface area (Å²) in [5, 5.41) is 0. The third kappa shape index (κ3) is 2.35. The van der Waals surface area contributed by atoms with E-state index in [2.05, 4.69) is 0 Å². The molecule has 19 heavy (non-hydrogen) atoms. The van der Waals surface area contributed by atoms with Crippen molar-refractivity contribution in [3.05, 3.63) is 23.8 Å². The zero-order valence-electron chi connectivity index (χ0n) is 11.8. The first kappa shape index (κ1) is 13.6. The van der Waals surface area contributed by atoms with Gasteiger partial charge in [-0.05, 0) is 45.4 Å². The standard InChI is InChI=1S/C15H19NO3/c1-5-8-16-12-9-11(10(2)17)6-7-13(12)19-15(3,4)14(16)18/h6-7,9H,5,8H2,1-4H3. The van der Waals surface area contributed by atoms with Crippen LogP contribution in [-0.2, 0) is 4.79 Å². The number of benzene rings is 1. The Morgan fingerprint density at radius 2 is 2.05 bits per heavy atom. The average molecular weight is 261 g/mol. The van der Waals surface area contributed by atoms with Gasteiger partial charge in [0.25, 0.3) is 5.91 Å². The minimum absolute atomic E-state index is 0.0171. The number of Topliss-reactive ketones (excluding diaryl/α,β-unsaturated/α-hetero) is 1.